The third-order valence-corrected chi connectivity index (χ3v) is 4.97. The molecule has 4 rings (SSSR count). The van der Waals surface area contributed by atoms with Crippen molar-refractivity contribution in [1.29, 1.82) is 0 Å². The van der Waals surface area contributed by atoms with Gasteiger partial charge in [0.15, 0.2) is 5.69 Å². The molecule has 2 aliphatic heterocycles. The van der Waals surface area contributed by atoms with Gasteiger partial charge in [0.1, 0.15) is 5.69 Å². The number of carbonyl (C=O) groups is 2. The van der Waals surface area contributed by atoms with Gasteiger partial charge in [-0.1, -0.05) is 5.21 Å². The topological polar surface area (TPSA) is 97.1 Å². The number of likely N-dealkylation sites (tertiary alicyclic amines) is 2. The summed E-state index contributed by atoms with van der Waals surface area (Å²) in [7, 11) is 0. The molecule has 4 heterocycles. The van der Waals surface area contributed by atoms with Crippen molar-refractivity contribution < 1.29 is 18.4 Å². The minimum absolute atomic E-state index is 0.00805. The van der Waals surface area contributed by atoms with Gasteiger partial charge >= 0.3 is 0 Å². The number of aromatic nitrogens is 5. The van der Waals surface area contributed by atoms with Crippen molar-refractivity contribution in [3.05, 3.63) is 36.2 Å². The van der Waals surface area contributed by atoms with Crippen LogP contribution < -0.4 is 0 Å². The molecule has 0 spiro atoms. The predicted octanol–water partition coefficient (Wildman–Crippen LogP) is 0.854. The van der Waals surface area contributed by atoms with Crippen LogP contribution in [0, 0.1) is 0 Å². The van der Waals surface area contributed by atoms with Gasteiger partial charge in [-0.15, -0.1) is 5.10 Å². The summed E-state index contributed by atoms with van der Waals surface area (Å²) < 4.78 is 29.4. The molecule has 0 N–H and O–H groups in total. The molecule has 2 amide bonds. The fourth-order valence-corrected chi connectivity index (χ4v) is 3.64. The van der Waals surface area contributed by atoms with Gasteiger partial charge in [0.2, 0.25) is 0 Å². The highest BCUT2D eigenvalue weighted by Crippen LogP contribution is 2.33. The van der Waals surface area contributed by atoms with E-state index in [0.29, 0.717) is 13.1 Å². The molecule has 0 aliphatic carbocycles. The number of hydrogen-bond donors (Lipinski definition) is 0. The zero-order chi connectivity index (χ0) is 19.7. The lowest BCUT2D eigenvalue weighted by molar-refractivity contribution is 0.0116. The van der Waals surface area contributed by atoms with Crippen LogP contribution in [0.5, 0.6) is 0 Å². The van der Waals surface area contributed by atoms with Crippen LogP contribution >= 0.6 is 0 Å². The van der Waals surface area contributed by atoms with Crippen molar-refractivity contribution in [2.75, 3.05) is 19.6 Å². The highest BCUT2D eigenvalue weighted by Gasteiger charge is 2.47. The zero-order valence-electron chi connectivity index (χ0n) is 15.0. The van der Waals surface area contributed by atoms with Gasteiger partial charge in [-0.3, -0.25) is 14.6 Å². The van der Waals surface area contributed by atoms with Crippen LogP contribution in [0.15, 0.2) is 24.8 Å². The molecule has 1 atom stereocenters. The highest BCUT2D eigenvalue weighted by atomic mass is 19.3. The monoisotopic (exact) mass is 391 g/mol. The van der Waals surface area contributed by atoms with E-state index in [1.54, 1.807) is 4.90 Å². The zero-order valence-corrected chi connectivity index (χ0v) is 15.0. The molecule has 148 valence electrons. The van der Waals surface area contributed by atoms with Crippen LogP contribution in [0.3, 0.4) is 0 Å². The van der Waals surface area contributed by atoms with E-state index in [4.69, 9.17) is 0 Å². The quantitative estimate of drug-likeness (QED) is 0.767. The van der Waals surface area contributed by atoms with E-state index >= 15 is 0 Å². The maximum Gasteiger partial charge on any atom is 0.276 e. The SMILES string of the molecule is O=C(c1cn(C[C@@H]2CC(F)(F)CN2C(=O)c2cnccn2)nn1)N1CCCC1. The lowest BCUT2D eigenvalue weighted by Gasteiger charge is -2.23. The van der Waals surface area contributed by atoms with E-state index in [-0.39, 0.29) is 23.8 Å². The lowest BCUT2D eigenvalue weighted by Crippen LogP contribution is -2.39. The van der Waals surface area contributed by atoms with Crippen molar-refractivity contribution in [3.63, 3.8) is 0 Å². The fourth-order valence-electron chi connectivity index (χ4n) is 3.64. The minimum atomic E-state index is -3.00. The second-order valence-electron chi connectivity index (χ2n) is 7.06. The maximum absolute atomic E-state index is 14.0. The number of rotatable bonds is 4. The summed E-state index contributed by atoms with van der Waals surface area (Å²) in [5.41, 5.74) is 0.187. The van der Waals surface area contributed by atoms with Crippen molar-refractivity contribution in [2.45, 2.75) is 37.8 Å². The molecule has 0 aromatic carbocycles. The molecule has 0 unspecified atom stereocenters. The van der Waals surface area contributed by atoms with Crippen molar-refractivity contribution in [3.8, 4) is 0 Å². The van der Waals surface area contributed by atoms with Gasteiger partial charge in [-0.05, 0) is 12.8 Å². The third kappa shape index (κ3) is 3.69. The summed E-state index contributed by atoms with van der Waals surface area (Å²) in [5.74, 6) is -3.83. The average Bonchev–Trinajstić information content (AvgIpc) is 3.42. The molecule has 2 aliphatic rings. The molecule has 28 heavy (non-hydrogen) atoms. The number of alkyl halides is 2. The van der Waals surface area contributed by atoms with Crippen LogP contribution in [0.2, 0.25) is 0 Å². The molecule has 9 nitrogen and oxygen atoms in total. The van der Waals surface area contributed by atoms with Crippen LogP contribution in [-0.4, -0.2) is 78.2 Å². The Morgan fingerprint density at radius 2 is 1.93 bits per heavy atom. The van der Waals surface area contributed by atoms with Gasteiger partial charge < -0.3 is 9.80 Å². The second-order valence-corrected chi connectivity index (χ2v) is 7.06. The Morgan fingerprint density at radius 3 is 2.64 bits per heavy atom. The van der Waals surface area contributed by atoms with Gasteiger partial charge in [-0.2, -0.15) is 0 Å². The normalized spacial score (nSPS) is 21.3. The summed E-state index contributed by atoms with van der Waals surface area (Å²) in [4.78, 5) is 35.5. The summed E-state index contributed by atoms with van der Waals surface area (Å²) in [5, 5.41) is 7.77. The first-order valence-electron chi connectivity index (χ1n) is 9.07. The summed E-state index contributed by atoms with van der Waals surface area (Å²) >= 11 is 0. The minimum Gasteiger partial charge on any atom is -0.337 e. The van der Waals surface area contributed by atoms with Crippen LogP contribution in [-0.2, 0) is 6.54 Å². The van der Waals surface area contributed by atoms with Crippen molar-refractivity contribution in [2.24, 2.45) is 0 Å². The van der Waals surface area contributed by atoms with Crippen molar-refractivity contribution >= 4 is 11.8 Å². The number of nitrogens with zero attached hydrogens (tertiary/aromatic N) is 7. The first-order chi connectivity index (χ1) is 13.4. The third-order valence-electron chi connectivity index (χ3n) is 4.97. The molecule has 0 saturated carbocycles. The first kappa shape index (κ1) is 18.4. The summed E-state index contributed by atoms with van der Waals surface area (Å²) in [6.45, 7) is 0.686. The highest BCUT2D eigenvalue weighted by molar-refractivity contribution is 5.92. The largest absolute Gasteiger partial charge is 0.337 e. The molecule has 11 heteroatoms. The number of carbonyl (C=O) groups excluding carboxylic acids is 2. The van der Waals surface area contributed by atoms with Crippen molar-refractivity contribution in [1.82, 2.24) is 34.8 Å². The van der Waals surface area contributed by atoms with Crippen LogP contribution in [0.4, 0.5) is 8.78 Å². The Balaban J connectivity index is 1.49. The predicted molar refractivity (Wildman–Crippen MR) is 91.6 cm³/mol. The number of halogens is 2. The Hall–Kier alpha value is -2.98. The second kappa shape index (κ2) is 7.21. The first-order valence-corrected chi connectivity index (χ1v) is 9.07. The van der Waals surface area contributed by atoms with E-state index in [1.807, 2.05) is 0 Å². The molecular weight excluding hydrogens is 372 g/mol. The number of hydrogen-bond acceptors (Lipinski definition) is 6. The van der Waals surface area contributed by atoms with E-state index in [0.717, 1.165) is 17.7 Å². The molecular formula is C17H19F2N7O2. The Kier molecular flexibility index (Phi) is 4.73. The Morgan fingerprint density at radius 1 is 1.14 bits per heavy atom. The average molecular weight is 391 g/mol. The maximum atomic E-state index is 14.0. The van der Waals surface area contributed by atoms with Crippen LogP contribution in [0.25, 0.3) is 0 Å². The van der Waals surface area contributed by atoms with E-state index in [9.17, 15) is 18.4 Å². The molecule has 0 bridgehead atoms. The van der Waals surface area contributed by atoms with E-state index < -0.39 is 30.8 Å². The standard InChI is InChI=1S/C17H19F2N7O2/c18-17(19)7-12(26(11-17)16(28)13-8-20-3-4-21-13)9-25-10-14(22-23-25)15(27)24-5-1-2-6-24/h3-4,8,10,12H,1-2,5-7,9,11H2/t12-/m0/s1. The Labute approximate surface area is 159 Å². The van der Waals surface area contributed by atoms with Gasteiger partial charge in [-0.25, -0.2) is 18.4 Å². The molecule has 2 saturated heterocycles. The number of amides is 2. The van der Waals surface area contributed by atoms with Crippen LogP contribution in [0.1, 0.15) is 40.2 Å². The fraction of sp³-hybridized carbons (Fsp3) is 0.529. The van der Waals surface area contributed by atoms with Gasteiger partial charge in [0, 0.05) is 31.9 Å². The van der Waals surface area contributed by atoms with Gasteiger partial charge in [0.05, 0.1) is 31.5 Å². The summed E-state index contributed by atoms with van der Waals surface area (Å²) in [6, 6.07) is -0.791. The molecule has 2 fully saturated rings. The van der Waals surface area contributed by atoms with E-state index in [2.05, 4.69) is 20.3 Å². The lowest BCUT2D eigenvalue weighted by atomic mass is 10.2. The van der Waals surface area contributed by atoms with Gasteiger partial charge in [0.25, 0.3) is 17.7 Å². The van der Waals surface area contributed by atoms with E-state index in [1.165, 1.54) is 29.5 Å². The molecule has 2 aromatic heterocycles. The molecule has 2 aromatic rings. The Bertz CT molecular complexity index is 867. The smallest absolute Gasteiger partial charge is 0.276 e. The summed E-state index contributed by atoms with van der Waals surface area (Å²) in [6.07, 6.45) is 6.85. The molecule has 0 radical (unpaired) electrons.